The Balaban J connectivity index is 2.13. The second-order valence-corrected chi connectivity index (χ2v) is 4.76. The lowest BCUT2D eigenvalue weighted by Crippen LogP contribution is -1.99. The highest BCUT2D eigenvalue weighted by molar-refractivity contribution is 5.43. The first kappa shape index (κ1) is 12.5. The fourth-order valence-electron chi connectivity index (χ4n) is 2.16. The van der Waals surface area contributed by atoms with Crippen molar-refractivity contribution < 1.29 is 4.74 Å². The number of nitrogen functional groups attached to an aromatic ring is 1. The second-order valence-electron chi connectivity index (χ2n) is 4.76. The van der Waals surface area contributed by atoms with Crippen molar-refractivity contribution in [3.8, 4) is 5.75 Å². The average molecular weight is 241 g/mol. The van der Waals surface area contributed by atoms with E-state index in [0.717, 1.165) is 17.0 Å². The van der Waals surface area contributed by atoms with Gasteiger partial charge in [-0.25, -0.2) is 0 Å². The van der Waals surface area contributed by atoms with Crippen molar-refractivity contribution in [2.45, 2.75) is 27.4 Å². The standard InChI is InChI=1S/C16H19NO/c1-11-8-12(2)16(13(3)9-11)18-10-14-4-6-15(17)7-5-14/h4-9H,10,17H2,1-3H3. The van der Waals surface area contributed by atoms with Gasteiger partial charge in [0.25, 0.3) is 0 Å². The molecule has 2 heteroatoms. The molecular formula is C16H19NO. The molecule has 0 spiro atoms. The summed E-state index contributed by atoms with van der Waals surface area (Å²) in [4.78, 5) is 0. The summed E-state index contributed by atoms with van der Waals surface area (Å²) < 4.78 is 5.91. The Bertz CT molecular complexity index is 521. The molecule has 0 heterocycles. The SMILES string of the molecule is Cc1cc(C)c(OCc2ccc(N)cc2)c(C)c1. The van der Waals surface area contributed by atoms with Crippen LogP contribution < -0.4 is 10.5 Å². The number of anilines is 1. The lowest BCUT2D eigenvalue weighted by atomic mass is 10.1. The molecule has 0 saturated carbocycles. The molecule has 0 atom stereocenters. The van der Waals surface area contributed by atoms with Crippen LogP contribution in [0.5, 0.6) is 5.75 Å². The van der Waals surface area contributed by atoms with Gasteiger partial charge >= 0.3 is 0 Å². The number of benzene rings is 2. The summed E-state index contributed by atoms with van der Waals surface area (Å²) in [6.07, 6.45) is 0. The molecule has 0 bridgehead atoms. The van der Waals surface area contributed by atoms with E-state index in [2.05, 4.69) is 32.9 Å². The minimum absolute atomic E-state index is 0.574. The average Bonchev–Trinajstić information content (AvgIpc) is 2.30. The third-order valence-electron chi connectivity index (χ3n) is 2.97. The van der Waals surface area contributed by atoms with Gasteiger partial charge in [-0.15, -0.1) is 0 Å². The van der Waals surface area contributed by atoms with Crippen molar-refractivity contribution in [3.63, 3.8) is 0 Å². The van der Waals surface area contributed by atoms with Gasteiger partial charge < -0.3 is 10.5 Å². The fourth-order valence-corrected chi connectivity index (χ4v) is 2.16. The Hall–Kier alpha value is -1.96. The number of ether oxygens (including phenoxy) is 1. The first-order valence-corrected chi connectivity index (χ1v) is 6.11. The van der Waals surface area contributed by atoms with Gasteiger partial charge in [-0.1, -0.05) is 29.8 Å². The van der Waals surface area contributed by atoms with Crippen LogP contribution in [0.1, 0.15) is 22.3 Å². The van der Waals surface area contributed by atoms with Gasteiger partial charge in [0, 0.05) is 5.69 Å². The molecule has 2 nitrogen and oxygen atoms in total. The van der Waals surface area contributed by atoms with E-state index in [1.165, 1.54) is 16.7 Å². The molecule has 2 aromatic rings. The van der Waals surface area contributed by atoms with Crippen molar-refractivity contribution in [1.29, 1.82) is 0 Å². The predicted molar refractivity (Wildman–Crippen MR) is 75.8 cm³/mol. The molecule has 0 aliphatic carbocycles. The van der Waals surface area contributed by atoms with Crippen LogP contribution in [0.25, 0.3) is 0 Å². The number of rotatable bonds is 3. The molecule has 0 saturated heterocycles. The van der Waals surface area contributed by atoms with Crippen LogP contribution in [0.15, 0.2) is 36.4 Å². The molecule has 2 aromatic carbocycles. The van der Waals surface area contributed by atoms with E-state index in [0.29, 0.717) is 6.61 Å². The summed E-state index contributed by atoms with van der Waals surface area (Å²) in [6.45, 7) is 6.84. The summed E-state index contributed by atoms with van der Waals surface area (Å²) in [6, 6.07) is 12.1. The molecule has 0 radical (unpaired) electrons. The van der Waals surface area contributed by atoms with Crippen molar-refractivity contribution in [2.24, 2.45) is 0 Å². The van der Waals surface area contributed by atoms with Gasteiger partial charge in [0.05, 0.1) is 0 Å². The number of hydrogen-bond donors (Lipinski definition) is 1. The highest BCUT2D eigenvalue weighted by Gasteiger charge is 2.05. The molecule has 0 aliphatic rings. The van der Waals surface area contributed by atoms with Gasteiger partial charge in [0.2, 0.25) is 0 Å². The Morgan fingerprint density at radius 1 is 0.944 bits per heavy atom. The molecule has 2 N–H and O–H groups in total. The first-order valence-electron chi connectivity index (χ1n) is 6.11. The Kier molecular flexibility index (Phi) is 3.56. The lowest BCUT2D eigenvalue weighted by molar-refractivity contribution is 0.302. The van der Waals surface area contributed by atoms with Crippen LogP contribution >= 0.6 is 0 Å². The highest BCUT2D eigenvalue weighted by Crippen LogP contribution is 2.25. The summed E-state index contributed by atoms with van der Waals surface area (Å²) in [5.41, 5.74) is 11.2. The largest absolute Gasteiger partial charge is 0.488 e. The minimum Gasteiger partial charge on any atom is -0.488 e. The van der Waals surface area contributed by atoms with Crippen molar-refractivity contribution >= 4 is 5.69 Å². The number of hydrogen-bond acceptors (Lipinski definition) is 2. The third kappa shape index (κ3) is 2.83. The van der Waals surface area contributed by atoms with Crippen LogP contribution in [0, 0.1) is 20.8 Å². The first-order chi connectivity index (χ1) is 8.56. The van der Waals surface area contributed by atoms with E-state index in [4.69, 9.17) is 10.5 Å². The van der Waals surface area contributed by atoms with Gasteiger partial charge in [0.1, 0.15) is 12.4 Å². The summed E-state index contributed by atoms with van der Waals surface area (Å²) in [5, 5.41) is 0. The molecular weight excluding hydrogens is 222 g/mol. The predicted octanol–water partition coefficient (Wildman–Crippen LogP) is 3.77. The molecule has 0 fully saturated rings. The molecule has 18 heavy (non-hydrogen) atoms. The third-order valence-corrected chi connectivity index (χ3v) is 2.97. The number of nitrogens with two attached hydrogens (primary N) is 1. The zero-order chi connectivity index (χ0) is 13.1. The summed E-state index contributed by atoms with van der Waals surface area (Å²) in [5.74, 6) is 0.984. The molecule has 94 valence electrons. The van der Waals surface area contributed by atoms with E-state index in [1.807, 2.05) is 24.3 Å². The van der Waals surface area contributed by atoms with Crippen molar-refractivity contribution in [3.05, 3.63) is 58.7 Å². The van der Waals surface area contributed by atoms with Crippen molar-refractivity contribution in [1.82, 2.24) is 0 Å². The maximum Gasteiger partial charge on any atom is 0.125 e. The fraction of sp³-hybridized carbons (Fsp3) is 0.250. The topological polar surface area (TPSA) is 35.2 Å². The molecule has 0 amide bonds. The van der Waals surface area contributed by atoms with E-state index in [1.54, 1.807) is 0 Å². The Labute approximate surface area is 108 Å². The van der Waals surface area contributed by atoms with E-state index < -0.39 is 0 Å². The normalized spacial score (nSPS) is 10.4. The summed E-state index contributed by atoms with van der Waals surface area (Å²) in [7, 11) is 0. The quantitative estimate of drug-likeness (QED) is 0.830. The Morgan fingerprint density at radius 2 is 1.50 bits per heavy atom. The zero-order valence-electron chi connectivity index (χ0n) is 11.2. The number of aryl methyl sites for hydroxylation is 3. The molecule has 0 unspecified atom stereocenters. The van der Waals surface area contributed by atoms with Gasteiger partial charge in [-0.3, -0.25) is 0 Å². The lowest BCUT2D eigenvalue weighted by Gasteiger charge is -2.13. The van der Waals surface area contributed by atoms with Crippen LogP contribution in [-0.4, -0.2) is 0 Å². The molecule has 0 aliphatic heterocycles. The van der Waals surface area contributed by atoms with Crippen LogP contribution in [-0.2, 0) is 6.61 Å². The zero-order valence-corrected chi connectivity index (χ0v) is 11.2. The van der Waals surface area contributed by atoms with Gasteiger partial charge in [0.15, 0.2) is 0 Å². The Morgan fingerprint density at radius 3 is 2.06 bits per heavy atom. The van der Waals surface area contributed by atoms with Crippen LogP contribution in [0.4, 0.5) is 5.69 Å². The van der Waals surface area contributed by atoms with E-state index in [9.17, 15) is 0 Å². The van der Waals surface area contributed by atoms with Gasteiger partial charge in [-0.05, 0) is 49.6 Å². The molecule has 0 aromatic heterocycles. The maximum atomic E-state index is 5.91. The van der Waals surface area contributed by atoms with Gasteiger partial charge in [-0.2, -0.15) is 0 Å². The summed E-state index contributed by atoms with van der Waals surface area (Å²) >= 11 is 0. The maximum absolute atomic E-state index is 5.91. The monoisotopic (exact) mass is 241 g/mol. The van der Waals surface area contributed by atoms with Crippen LogP contribution in [0.2, 0.25) is 0 Å². The van der Waals surface area contributed by atoms with Crippen molar-refractivity contribution in [2.75, 3.05) is 5.73 Å². The van der Waals surface area contributed by atoms with Crippen LogP contribution in [0.3, 0.4) is 0 Å². The minimum atomic E-state index is 0.574. The van der Waals surface area contributed by atoms with E-state index >= 15 is 0 Å². The molecule has 2 rings (SSSR count). The van der Waals surface area contributed by atoms with E-state index in [-0.39, 0.29) is 0 Å². The second kappa shape index (κ2) is 5.13. The smallest absolute Gasteiger partial charge is 0.125 e. The highest BCUT2D eigenvalue weighted by atomic mass is 16.5.